The maximum absolute atomic E-state index is 11.8. The molecular formula is C22H16N4O4S. The molecule has 0 spiro atoms. The lowest BCUT2D eigenvalue weighted by Gasteiger charge is -2.08. The summed E-state index contributed by atoms with van der Waals surface area (Å²) in [6, 6.07) is 23.4. The van der Waals surface area contributed by atoms with Gasteiger partial charge in [-0.05, 0) is 42.5 Å². The predicted molar refractivity (Wildman–Crippen MR) is 117 cm³/mol. The molecule has 0 amide bonds. The highest BCUT2D eigenvalue weighted by Gasteiger charge is 2.19. The Morgan fingerprint density at radius 1 is 0.613 bits per heavy atom. The van der Waals surface area contributed by atoms with Crippen molar-refractivity contribution in [3.05, 3.63) is 84.9 Å². The summed E-state index contributed by atoms with van der Waals surface area (Å²) in [5, 5.41) is 27.2. The van der Waals surface area contributed by atoms with Gasteiger partial charge in [-0.25, -0.2) is 0 Å². The van der Waals surface area contributed by atoms with Crippen molar-refractivity contribution in [3.8, 4) is 5.75 Å². The molecule has 4 aromatic carbocycles. The van der Waals surface area contributed by atoms with Gasteiger partial charge in [0.05, 0.1) is 17.1 Å². The molecule has 0 saturated heterocycles. The van der Waals surface area contributed by atoms with Gasteiger partial charge in [0.1, 0.15) is 10.6 Å². The average molecular weight is 432 g/mol. The summed E-state index contributed by atoms with van der Waals surface area (Å²) in [5.74, 6) is -0.236. The first-order valence-electron chi connectivity index (χ1n) is 9.12. The topological polar surface area (TPSA) is 124 Å². The van der Waals surface area contributed by atoms with Crippen molar-refractivity contribution in [3.63, 3.8) is 0 Å². The molecule has 0 fully saturated rings. The molecule has 154 valence electrons. The smallest absolute Gasteiger partial charge is 0.295 e. The van der Waals surface area contributed by atoms with Gasteiger partial charge in [0, 0.05) is 10.8 Å². The molecule has 2 N–H and O–H groups in total. The van der Waals surface area contributed by atoms with E-state index in [2.05, 4.69) is 20.5 Å². The summed E-state index contributed by atoms with van der Waals surface area (Å²) < 4.78 is 33.1. The molecule has 0 aliphatic heterocycles. The van der Waals surface area contributed by atoms with E-state index in [1.54, 1.807) is 36.4 Å². The zero-order valence-electron chi connectivity index (χ0n) is 16.0. The van der Waals surface area contributed by atoms with Crippen LogP contribution in [0.2, 0.25) is 0 Å². The van der Waals surface area contributed by atoms with Gasteiger partial charge < -0.3 is 5.11 Å². The fourth-order valence-corrected chi connectivity index (χ4v) is 3.63. The van der Waals surface area contributed by atoms with E-state index in [1.165, 1.54) is 12.1 Å². The Morgan fingerprint density at radius 2 is 1.10 bits per heavy atom. The highest BCUT2D eigenvalue weighted by Crippen LogP contribution is 2.39. The molecule has 0 saturated carbocycles. The lowest BCUT2D eigenvalue weighted by molar-refractivity contribution is 0.480. The van der Waals surface area contributed by atoms with E-state index in [-0.39, 0.29) is 27.1 Å². The van der Waals surface area contributed by atoms with Crippen LogP contribution in [0, 0.1) is 0 Å². The SMILES string of the molecule is O=S(=O)(O)c1cc(N=Nc2ccc(N=Nc3ccccc3)cc2)c(O)c2ccccc12. The summed E-state index contributed by atoms with van der Waals surface area (Å²) in [7, 11) is -4.52. The van der Waals surface area contributed by atoms with Gasteiger partial charge in [-0.3, -0.25) is 4.55 Å². The van der Waals surface area contributed by atoms with Crippen molar-refractivity contribution >= 4 is 43.6 Å². The molecule has 4 aromatic rings. The maximum Gasteiger partial charge on any atom is 0.295 e. The van der Waals surface area contributed by atoms with Crippen LogP contribution in [-0.2, 0) is 10.1 Å². The zero-order valence-corrected chi connectivity index (χ0v) is 16.8. The van der Waals surface area contributed by atoms with Gasteiger partial charge in [0.15, 0.2) is 5.75 Å². The van der Waals surface area contributed by atoms with Gasteiger partial charge >= 0.3 is 0 Å². The summed E-state index contributed by atoms with van der Waals surface area (Å²) in [6.07, 6.45) is 0. The largest absolute Gasteiger partial charge is 0.505 e. The molecule has 0 radical (unpaired) electrons. The molecule has 9 heteroatoms. The van der Waals surface area contributed by atoms with Crippen molar-refractivity contribution in [2.45, 2.75) is 4.90 Å². The van der Waals surface area contributed by atoms with Crippen LogP contribution in [0.1, 0.15) is 0 Å². The minimum atomic E-state index is -4.52. The molecule has 0 bridgehead atoms. The van der Waals surface area contributed by atoms with Crippen LogP contribution in [0.25, 0.3) is 10.8 Å². The van der Waals surface area contributed by atoms with E-state index in [9.17, 15) is 18.1 Å². The van der Waals surface area contributed by atoms with E-state index in [0.29, 0.717) is 11.4 Å². The number of fused-ring (bicyclic) bond motifs is 1. The number of phenols is 1. The lowest BCUT2D eigenvalue weighted by atomic mass is 10.1. The molecule has 0 aliphatic carbocycles. The number of hydrogen-bond donors (Lipinski definition) is 2. The van der Waals surface area contributed by atoms with Gasteiger partial charge in [-0.2, -0.15) is 23.8 Å². The van der Waals surface area contributed by atoms with Crippen LogP contribution in [0.4, 0.5) is 22.7 Å². The van der Waals surface area contributed by atoms with Gasteiger partial charge in [0.25, 0.3) is 10.1 Å². The van der Waals surface area contributed by atoms with Crippen LogP contribution in [-0.4, -0.2) is 18.1 Å². The van der Waals surface area contributed by atoms with E-state index in [1.807, 2.05) is 30.3 Å². The second kappa shape index (κ2) is 8.42. The summed E-state index contributed by atoms with van der Waals surface area (Å²) in [4.78, 5) is -0.355. The number of nitrogens with zero attached hydrogens (tertiary/aromatic N) is 4. The number of azo groups is 2. The molecule has 0 heterocycles. The van der Waals surface area contributed by atoms with E-state index >= 15 is 0 Å². The highest BCUT2D eigenvalue weighted by molar-refractivity contribution is 7.86. The first-order valence-corrected chi connectivity index (χ1v) is 10.6. The average Bonchev–Trinajstić information content (AvgIpc) is 2.78. The third kappa shape index (κ3) is 4.63. The summed E-state index contributed by atoms with van der Waals surface area (Å²) in [5.41, 5.74) is 1.72. The lowest BCUT2D eigenvalue weighted by Crippen LogP contribution is -1.99. The molecule has 8 nitrogen and oxygen atoms in total. The fraction of sp³-hybridized carbons (Fsp3) is 0. The van der Waals surface area contributed by atoms with Gasteiger partial charge in [0.2, 0.25) is 0 Å². The van der Waals surface area contributed by atoms with Crippen LogP contribution in [0.3, 0.4) is 0 Å². The molecule has 4 rings (SSSR count). The Hall–Kier alpha value is -3.95. The van der Waals surface area contributed by atoms with E-state index < -0.39 is 10.1 Å². The summed E-state index contributed by atoms with van der Waals surface area (Å²) in [6.45, 7) is 0. The van der Waals surface area contributed by atoms with Crippen molar-refractivity contribution in [1.29, 1.82) is 0 Å². The third-order valence-corrected chi connectivity index (χ3v) is 5.29. The minimum absolute atomic E-state index is 0.0841. The third-order valence-electron chi connectivity index (χ3n) is 4.40. The molecule has 0 atom stereocenters. The Labute approximate surface area is 178 Å². The fourth-order valence-electron chi connectivity index (χ4n) is 2.91. The van der Waals surface area contributed by atoms with Crippen molar-refractivity contribution in [2.24, 2.45) is 20.5 Å². The Kier molecular flexibility index (Phi) is 5.52. The monoisotopic (exact) mass is 432 g/mol. The Balaban J connectivity index is 1.63. The van der Waals surface area contributed by atoms with Crippen LogP contribution >= 0.6 is 0 Å². The second-order valence-electron chi connectivity index (χ2n) is 6.52. The van der Waals surface area contributed by atoms with Crippen LogP contribution < -0.4 is 0 Å². The standard InChI is InChI=1S/C22H16N4O4S/c27-22-19-9-5-4-8-18(19)21(31(28,29)30)14-20(22)26-25-17-12-10-16(11-13-17)24-23-15-6-2-1-3-7-15/h1-14,27H,(H,28,29,30). The second-order valence-corrected chi connectivity index (χ2v) is 7.90. The number of rotatable bonds is 5. The molecular weight excluding hydrogens is 416 g/mol. The van der Waals surface area contributed by atoms with E-state index in [4.69, 9.17) is 0 Å². The Morgan fingerprint density at radius 3 is 1.68 bits per heavy atom. The number of benzene rings is 4. The van der Waals surface area contributed by atoms with Gasteiger partial charge in [-0.1, -0.05) is 42.5 Å². The van der Waals surface area contributed by atoms with Crippen molar-refractivity contribution in [2.75, 3.05) is 0 Å². The van der Waals surface area contributed by atoms with Crippen molar-refractivity contribution < 1.29 is 18.1 Å². The minimum Gasteiger partial charge on any atom is -0.505 e. The normalized spacial score (nSPS) is 12.2. The van der Waals surface area contributed by atoms with Gasteiger partial charge in [-0.15, -0.1) is 5.11 Å². The predicted octanol–water partition coefficient (Wildman–Crippen LogP) is 6.62. The number of hydrogen-bond acceptors (Lipinski definition) is 7. The first-order chi connectivity index (χ1) is 14.9. The molecule has 0 aliphatic rings. The molecule has 0 aromatic heterocycles. The van der Waals surface area contributed by atoms with Crippen molar-refractivity contribution in [1.82, 2.24) is 0 Å². The highest BCUT2D eigenvalue weighted by atomic mass is 32.2. The molecule has 0 unspecified atom stereocenters. The quantitative estimate of drug-likeness (QED) is 0.271. The van der Waals surface area contributed by atoms with E-state index in [0.717, 1.165) is 11.8 Å². The Bertz CT molecular complexity index is 1400. The molecule has 31 heavy (non-hydrogen) atoms. The number of phenolic OH excluding ortho intramolecular Hbond substituents is 1. The zero-order chi connectivity index (χ0) is 21.8. The summed E-state index contributed by atoms with van der Waals surface area (Å²) >= 11 is 0. The van der Waals surface area contributed by atoms with Crippen LogP contribution in [0.5, 0.6) is 5.75 Å². The first kappa shape index (κ1) is 20.3. The maximum atomic E-state index is 11.8. The number of aromatic hydroxyl groups is 1. The van der Waals surface area contributed by atoms with Crippen LogP contribution in [0.15, 0.2) is 110 Å².